The summed E-state index contributed by atoms with van der Waals surface area (Å²) in [6.07, 6.45) is 3.12. The summed E-state index contributed by atoms with van der Waals surface area (Å²) in [5.74, 6) is 1.25. The van der Waals surface area contributed by atoms with E-state index in [4.69, 9.17) is 9.47 Å². The predicted octanol–water partition coefficient (Wildman–Crippen LogP) is 1.46. The van der Waals surface area contributed by atoms with Crippen LogP contribution in [0.2, 0.25) is 0 Å². The summed E-state index contributed by atoms with van der Waals surface area (Å²) in [5.41, 5.74) is 0.797. The van der Waals surface area contributed by atoms with Gasteiger partial charge in [-0.2, -0.15) is 0 Å². The van der Waals surface area contributed by atoms with Crippen molar-refractivity contribution in [2.24, 2.45) is 0 Å². The van der Waals surface area contributed by atoms with Crippen LogP contribution in [0.25, 0.3) is 6.08 Å². The second-order valence-electron chi connectivity index (χ2n) is 3.06. The minimum absolute atomic E-state index is 0.162. The van der Waals surface area contributed by atoms with Crippen LogP contribution in [0.4, 0.5) is 0 Å². The number of likely N-dealkylation sites (N-methyl/N-ethyl adjacent to an activating group) is 1. The minimum atomic E-state index is -0.162. The Morgan fingerprint density at radius 2 is 2.06 bits per heavy atom. The lowest BCUT2D eigenvalue weighted by Gasteiger charge is -2.06. The van der Waals surface area contributed by atoms with E-state index in [1.54, 1.807) is 45.5 Å². The number of methoxy groups -OCH3 is 2. The number of carbonyl (C=O) groups excluding carboxylic acids is 1. The summed E-state index contributed by atoms with van der Waals surface area (Å²) >= 11 is 0. The number of amides is 1. The Labute approximate surface area is 94.9 Å². The zero-order chi connectivity index (χ0) is 12.0. The molecule has 0 unspecified atom stereocenters. The second-order valence-corrected chi connectivity index (χ2v) is 3.06. The van der Waals surface area contributed by atoms with Crippen LogP contribution in [-0.4, -0.2) is 27.2 Å². The van der Waals surface area contributed by atoms with Gasteiger partial charge in [0.05, 0.1) is 14.2 Å². The van der Waals surface area contributed by atoms with Crippen LogP contribution in [0.15, 0.2) is 24.3 Å². The van der Waals surface area contributed by atoms with E-state index in [0.717, 1.165) is 11.3 Å². The van der Waals surface area contributed by atoms with E-state index in [1.165, 1.54) is 6.08 Å². The monoisotopic (exact) mass is 221 g/mol. The molecule has 4 nitrogen and oxygen atoms in total. The van der Waals surface area contributed by atoms with Gasteiger partial charge in [-0.25, -0.2) is 0 Å². The molecule has 0 bridgehead atoms. The van der Waals surface area contributed by atoms with Gasteiger partial charge in [0.2, 0.25) is 5.91 Å². The molecule has 0 fully saturated rings. The van der Waals surface area contributed by atoms with Crippen molar-refractivity contribution in [1.82, 2.24) is 5.32 Å². The summed E-state index contributed by atoms with van der Waals surface area (Å²) in [6.45, 7) is 0. The van der Waals surface area contributed by atoms with Crippen LogP contribution in [0.1, 0.15) is 5.56 Å². The molecule has 0 radical (unpaired) electrons. The Morgan fingerprint density at radius 3 is 2.62 bits per heavy atom. The Balaban J connectivity index is 2.99. The van der Waals surface area contributed by atoms with E-state index in [1.807, 2.05) is 0 Å². The highest BCUT2D eigenvalue weighted by atomic mass is 16.5. The van der Waals surface area contributed by atoms with Crippen molar-refractivity contribution in [3.05, 3.63) is 29.8 Å². The molecule has 0 spiro atoms. The van der Waals surface area contributed by atoms with E-state index < -0.39 is 0 Å². The van der Waals surface area contributed by atoms with Gasteiger partial charge in [0.1, 0.15) is 11.5 Å². The van der Waals surface area contributed by atoms with E-state index in [0.29, 0.717) is 5.75 Å². The van der Waals surface area contributed by atoms with E-state index >= 15 is 0 Å². The lowest BCUT2D eigenvalue weighted by atomic mass is 10.1. The molecule has 1 amide bonds. The smallest absolute Gasteiger partial charge is 0.243 e. The topological polar surface area (TPSA) is 47.6 Å². The molecule has 1 aromatic carbocycles. The zero-order valence-corrected chi connectivity index (χ0v) is 9.61. The number of rotatable bonds is 4. The summed E-state index contributed by atoms with van der Waals surface area (Å²) in [4.78, 5) is 11.1. The molecule has 1 rings (SSSR count). The van der Waals surface area contributed by atoms with E-state index in [2.05, 4.69) is 5.32 Å². The van der Waals surface area contributed by atoms with Crippen molar-refractivity contribution in [3.8, 4) is 11.5 Å². The van der Waals surface area contributed by atoms with Gasteiger partial charge in [0.15, 0.2) is 0 Å². The Morgan fingerprint density at radius 1 is 1.31 bits per heavy atom. The highest BCUT2D eigenvalue weighted by Crippen LogP contribution is 2.24. The van der Waals surface area contributed by atoms with Crippen molar-refractivity contribution < 1.29 is 14.3 Å². The summed E-state index contributed by atoms with van der Waals surface area (Å²) < 4.78 is 10.3. The van der Waals surface area contributed by atoms with Crippen molar-refractivity contribution >= 4 is 12.0 Å². The molecular formula is C12H15NO3. The summed E-state index contributed by atoms with van der Waals surface area (Å²) in [6, 6.07) is 5.40. The van der Waals surface area contributed by atoms with Crippen LogP contribution < -0.4 is 14.8 Å². The Kier molecular flexibility index (Phi) is 4.39. The maximum Gasteiger partial charge on any atom is 0.243 e. The molecule has 0 heterocycles. The van der Waals surface area contributed by atoms with Gasteiger partial charge < -0.3 is 14.8 Å². The van der Waals surface area contributed by atoms with E-state index in [-0.39, 0.29) is 5.91 Å². The van der Waals surface area contributed by atoms with Crippen LogP contribution in [0, 0.1) is 0 Å². The van der Waals surface area contributed by atoms with Crippen molar-refractivity contribution in [2.75, 3.05) is 21.3 Å². The third-order valence-corrected chi connectivity index (χ3v) is 2.10. The van der Waals surface area contributed by atoms with Crippen molar-refractivity contribution in [3.63, 3.8) is 0 Å². The first-order valence-corrected chi connectivity index (χ1v) is 4.83. The predicted molar refractivity (Wildman–Crippen MR) is 62.6 cm³/mol. The lowest BCUT2D eigenvalue weighted by molar-refractivity contribution is -0.115. The van der Waals surface area contributed by atoms with Crippen LogP contribution in [0.5, 0.6) is 11.5 Å². The van der Waals surface area contributed by atoms with Gasteiger partial charge >= 0.3 is 0 Å². The Bertz CT molecular complexity index is 399. The van der Waals surface area contributed by atoms with Crippen molar-refractivity contribution in [2.45, 2.75) is 0 Å². The fraction of sp³-hybridized carbons (Fsp3) is 0.250. The fourth-order valence-electron chi connectivity index (χ4n) is 1.22. The zero-order valence-electron chi connectivity index (χ0n) is 9.61. The average molecular weight is 221 g/mol. The third kappa shape index (κ3) is 3.02. The second kappa shape index (κ2) is 5.80. The van der Waals surface area contributed by atoms with Gasteiger partial charge in [0.25, 0.3) is 0 Å². The molecule has 1 aromatic rings. The van der Waals surface area contributed by atoms with Crippen molar-refractivity contribution in [1.29, 1.82) is 0 Å². The Hall–Kier alpha value is -1.97. The summed E-state index contributed by atoms with van der Waals surface area (Å²) in [7, 11) is 4.75. The van der Waals surface area contributed by atoms with Gasteiger partial charge in [-0.05, 0) is 24.3 Å². The molecule has 4 heteroatoms. The largest absolute Gasteiger partial charge is 0.497 e. The van der Waals surface area contributed by atoms with Crippen LogP contribution in [0.3, 0.4) is 0 Å². The SMILES string of the molecule is CNC(=O)/C=C/c1cc(OC)ccc1OC. The maximum atomic E-state index is 11.1. The van der Waals surface area contributed by atoms with E-state index in [9.17, 15) is 4.79 Å². The number of ether oxygens (including phenoxy) is 2. The average Bonchev–Trinajstić information content (AvgIpc) is 2.35. The fourth-order valence-corrected chi connectivity index (χ4v) is 1.22. The first-order valence-electron chi connectivity index (χ1n) is 4.83. The van der Waals surface area contributed by atoms with Gasteiger partial charge in [-0.15, -0.1) is 0 Å². The molecular weight excluding hydrogens is 206 g/mol. The van der Waals surface area contributed by atoms with Crippen LogP contribution >= 0.6 is 0 Å². The first-order chi connectivity index (χ1) is 7.71. The standard InChI is InChI=1S/C12H15NO3/c1-13-12(14)7-4-9-8-10(15-2)5-6-11(9)16-3/h4-8H,1-3H3,(H,13,14)/b7-4+. The highest BCUT2D eigenvalue weighted by Gasteiger charge is 2.02. The normalized spacial score (nSPS) is 10.2. The summed E-state index contributed by atoms with van der Waals surface area (Å²) in [5, 5.41) is 2.50. The molecule has 0 aliphatic heterocycles. The molecule has 0 aliphatic rings. The number of benzene rings is 1. The highest BCUT2D eigenvalue weighted by molar-refractivity contribution is 5.91. The molecule has 86 valence electrons. The van der Waals surface area contributed by atoms with Gasteiger partial charge in [0, 0.05) is 18.7 Å². The first kappa shape index (κ1) is 12.1. The molecule has 16 heavy (non-hydrogen) atoms. The van der Waals surface area contributed by atoms with Gasteiger partial charge in [-0.3, -0.25) is 4.79 Å². The molecule has 0 aromatic heterocycles. The quantitative estimate of drug-likeness (QED) is 0.783. The lowest BCUT2D eigenvalue weighted by Crippen LogP contribution is -2.13. The number of hydrogen-bond acceptors (Lipinski definition) is 3. The van der Waals surface area contributed by atoms with Crippen LogP contribution in [-0.2, 0) is 4.79 Å². The molecule has 0 saturated carbocycles. The number of carbonyl (C=O) groups is 1. The number of hydrogen-bond donors (Lipinski definition) is 1. The van der Waals surface area contributed by atoms with Gasteiger partial charge in [-0.1, -0.05) is 0 Å². The molecule has 0 saturated heterocycles. The minimum Gasteiger partial charge on any atom is -0.497 e. The third-order valence-electron chi connectivity index (χ3n) is 2.10. The maximum absolute atomic E-state index is 11.1. The number of nitrogens with one attached hydrogen (secondary N) is 1. The molecule has 1 N–H and O–H groups in total. The molecule has 0 atom stereocenters. The molecule has 0 aliphatic carbocycles.